The van der Waals surface area contributed by atoms with E-state index in [9.17, 15) is 4.79 Å². The summed E-state index contributed by atoms with van der Waals surface area (Å²) in [6.07, 6.45) is 6.17. The Morgan fingerprint density at radius 2 is 2.33 bits per heavy atom. The summed E-state index contributed by atoms with van der Waals surface area (Å²) < 4.78 is 5.52. The van der Waals surface area contributed by atoms with Gasteiger partial charge in [0, 0.05) is 24.1 Å². The molecule has 0 spiro atoms. The highest BCUT2D eigenvalue weighted by molar-refractivity contribution is 5.92. The van der Waals surface area contributed by atoms with E-state index in [1.807, 2.05) is 18.2 Å². The number of anilines is 1. The maximum atomic E-state index is 12.0. The largest absolute Gasteiger partial charge is 0.493 e. The number of nitrogens with one attached hydrogen (secondary N) is 2. The third-order valence-electron chi connectivity index (χ3n) is 4.45. The van der Waals surface area contributed by atoms with Crippen LogP contribution in [-0.2, 0) is 11.2 Å². The van der Waals surface area contributed by atoms with Crippen molar-refractivity contribution in [3.8, 4) is 5.75 Å². The maximum Gasteiger partial charge on any atom is 0.224 e. The van der Waals surface area contributed by atoms with Gasteiger partial charge in [-0.3, -0.25) is 4.79 Å². The number of rotatable bonds is 6. The fraction of sp³-hybridized carbons (Fsp3) is 0.588. The number of fused-ring (bicyclic) bond motifs is 1. The second kappa shape index (κ2) is 6.94. The van der Waals surface area contributed by atoms with E-state index in [0.717, 1.165) is 61.9 Å². The normalized spacial score (nSPS) is 20.1. The number of amides is 1. The molecule has 1 amide bonds. The molecule has 4 nitrogen and oxygen atoms in total. The molecule has 0 saturated carbocycles. The molecular formula is C17H24N2O2. The Bertz CT molecular complexity index is 496. The summed E-state index contributed by atoms with van der Waals surface area (Å²) in [5.41, 5.74) is 2.07. The molecule has 0 aromatic heterocycles. The third kappa shape index (κ3) is 3.76. The van der Waals surface area contributed by atoms with Crippen LogP contribution in [0.15, 0.2) is 18.2 Å². The molecule has 1 aromatic carbocycles. The molecule has 21 heavy (non-hydrogen) atoms. The first kappa shape index (κ1) is 14.4. The smallest absolute Gasteiger partial charge is 0.224 e. The van der Waals surface area contributed by atoms with E-state index in [1.54, 1.807) is 0 Å². The predicted octanol–water partition coefficient (Wildman–Crippen LogP) is 2.73. The van der Waals surface area contributed by atoms with Crippen LogP contribution >= 0.6 is 0 Å². The van der Waals surface area contributed by atoms with Crippen molar-refractivity contribution < 1.29 is 9.53 Å². The van der Waals surface area contributed by atoms with Gasteiger partial charge in [-0.2, -0.15) is 0 Å². The Morgan fingerprint density at radius 1 is 1.38 bits per heavy atom. The Kier molecular flexibility index (Phi) is 4.76. The van der Waals surface area contributed by atoms with Crippen molar-refractivity contribution in [3.63, 3.8) is 0 Å². The number of ether oxygens (including phenoxy) is 1. The number of hydrogen-bond donors (Lipinski definition) is 2. The van der Waals surface area contributed by atoms with Crippen molar-refractivity contribution in [1.82, 2.24) is 5.32 Å². The summed E-state index contributed by atoms with van der Waals surface area (Å²) in [5.74, 6) is 1.86. The Hall–Kier alpha value is -1.55. The summed E-state index contributed by atoms with van der Waals surface area (Å²) in [5, 5.41) is 6.43. The quantitative estimate of drug-likeness (QED) is 0.791. The molecule has 1 unspecified atom stereocenters. The average molecular weight is 288 g/mol. The van der Waals surface area contributed by atoms with Gasteiger partial charge < -0.3 is 15.4 Å². The van der Waals surface area contributed by atoms with E-state index in [0.29, 0.717) is 6.42 Å². The zero-order valence-electron chi connectivity index (χ0n) is 12.5. The van der Waals surface area contributed by atoms with Crippen LogP contribution in [0.5, 0.6) is 5.75 Å². The lowest BCUT2D eigenvalue weighted by atomic mass is 10.0. The molecule has 0 aliphatic carbocycles. The van der Waals surface area contributed by atoms with E-state index >= 15 is 0 Å². The fourth-order valence-corrected chi connectivity index (χ4v) is 3.23. The van der Waals surface area contributed by atoms with E-state index in [-0.39, 0.29) is 5.91 Å². The fourth-order valence-electron chi connectivity index (χ4n) is 3.23. The van der Waals surface area contributed by atoms with Crippen molar-refractivity contribution in [2.45, 2.75) is 38.5 Å². The summed E-state index contributed by atoms with van der Waals surface area (Å²) in [6.45, 7) is 3.03. The Morgan fingerprint density at radius 3 is 3.19 bits per heavy atom. The van der Waals surface area contributed by atoms with E-state index in [1.165, 1.54) is 12.8 Å². The van der Waals surface area contributed by atoms with Crippen LogP contribution in [0.1, 0.15) is 37.7 Å². The Balaban J connectivity index is 1.41. The van der Waals surface area contributed by atoms with Crippen molar-refractivity contribution in [2.75, 3.05) is 25.0 Å². The molecule has 1 fully saturated rings. The van der Waals surface area contributed by atoms with Crippen LogP contribution in [0.3, 0.4) is 0 Å². The van der Waals surface area contributed by atoms with E-state index in [4.69, 9.17) is 4.74 Å². The van der Waals surface area contributed by atoms with Crippen LogP contribution in [0.4, 0.5) is 5.69 Å². The molecular weight excluding hydrogens is 264 g/mol. The first-order chi connectivity index (χ1) is 10.3. The van der Waals surface area contributed by atoms with Gasteiger partial charge in [-0.05, 0) is 50.4 Å². The van der Waals surface area contributed by atoms with Crippen molar-refractivity contribution in [1.29, 1.82) is 0 Å². The van der Waals surface area contributed by atoms with Gasteiger partial charge in [-0.25, -0.2) is 0 Å². The summed E-state index contributed by atoms with van der Waals surface area (Å²) in [4.78, 5) is 12.0. The van der Waals surface area contributed by atoms with Gasteiger partial charge in [0.05, 0.1) is 6.61 Å². The molecule has 4 heteroatoms. The number of benzene rings is 1. The molecule has 2 N–H and O–H groups in total. The average Bonchev–Trinajstić information content (AvgIpc) is 3.15. The van der Waals surface area contributed by atoms with Crippen molar-refractivity contribution in [2.24, 2.45) is 5.92 Å². The van der Waals surface area contributed by atoms with Crippen molar-refractivity contribution >= 4 is 11.6 Å². The maximum absolute atomic E-state index is 12.0. The zero-order chi connectivity index (χ0) is 14.5. The highest BCUT2D eigenvalue weighted by atomic mass is 16.5. The second-order valence-corrected chi connectivity index (χ2v) is 6.03. The topological polar surface area (TPSA) is 50.4 Å². The van der Waals surface area contributed by atoms with Gasteiger partial charge >= 0.3 is 0 Å². The highest BCUT2D eigenvalue weighted by Gasteiger charge is 2.17. The van der Waals surface area contributed by atoms with Gasteiger partial charge in [0.1, 0.15) is 5.75 Å². The van der Waals surface area contributed by atoms with Crippen molar-refractivity contribution in [3.05, 3.63) is 23.8 Å². The molecule has 2 heterocycles. The van der Waals surface area contributed by atoms with Crippen LogP contribution in [0, 0.1) is 5.92 Å². The minimum atomic E-state index is 0.125. The lowest BCUT2D eigenvalue weighted by molar-refractivity contribution is -0.116. The van der Waals surface area contributed by atoms with Gasteiger partial charge in [-0.1, -0.05) is 12.5 Å². The van der Waals surface area contributed by atoms with E-state index in [2.05, 4.69) is 10.6 Å². The first-order valence-corrected chi connectivity index (χ1v) is 8.08. The number of carbonyl (C=O) groups is 1. The lowest BCUT2D eigenvalue weighted by Crippen LogP contribution is -2.13. The molecule has 1 saturated heterocycles. The molecule has 3 rings (SSSR count). The molecule has 2 aliphatic heterocycles. The minimum absolute atomic E-state index is 0.125. The number of hydrogen-bond acceptors (Lipinski definition) is 3. The molecule has 114 valence electrons. The SMILES string of the molecule is O=C(CCCCC1CCNC1)Nc1cccc2c1CCO2. The first-order valence-electron chi connectivity index (χ1n) is 8.08. The lowest BCUT2D eigenvalue weighted by Gasteiger charge is -2.10. The van der Waals surface area contributed by atoms with Gasteiger partial charge in [-0.15, -0.1) is 0 Å². The molecule has 2 aliphatic rings. The number of carbonyl (C=O) groups excluding carboxylic acids is 1. The summed E-state index contributed by atoms with van der Waals surface area (Å²) >= 11 is 0. The van der Waals surface area contributed by atoms with Crippen LogP contribution in [0.25, 0.3) is 0 Å². The number of unbranched alkanes of at least 4 members (excludes halogenated alkanes) is 1. The zero-order valence-corrected chi connectivity index (χ0v) is 12.5. The summed E-state index contributed by atoms with van der Waals surface area (Å²) in [6, 6.07) is 5.87. The third-order valence-corrected chi connectivity index (χ3v) is 4.45. The monoisotopic (exact) mass is 288 g/mol. The van der Waals surface area contributed by atoms with Crippen LogP contribution in [0.2, 0.25) is 0 Å². The van der Waals surface area contributed by atoms with E-state index < -0.39 is 0 Å². The van der Waals surface area contributed by atoms with Gasteiger partial charge in [0.2, 0.25) is 5.91 Å². The predicted molar refractivity (Wildman–Crippen MR) is 83.7 cm³/mol. The molecule has 1 aromatic rings. The molecule has 1 atom stereocenters. The van der Waals surface area contributed by atoms with Gasteiger partial charge in [0.25, 0.3) is 0 Å². The molecule has 0 radical (unpaired) electrons. The Labute approximate surface area is 126 Å². The highest BCUT2D eigenvalue weighted by Crippen LogP contribution is 2.31. The van der Waals surface area contributed by atoms with Gasteiger partial charge in [0.15, 0.2) is 0 Å². The van der Waals surface area contributed by atoms with Crippen LogP contribution < -0.4 is 15.4 Å². The summed E-state index contributed by atoms with van der Waals surface area (Å²) in [7, 11) is 0. The second-order valence-electron chi connectivity index (χ2n) is 6.03. The van der Waals surface area contributed by atoms with Crippen LogP contribution in [-0.4, -0.2) is 25.6 Å². The molecule has 0 bridgehead atoms. The standard InChI is InChI=1S/C17H24N2O2/c20-17(7-2-1-4-13-8-10-18-12-13)19-15-5-3-6-16-14(15)9-11-21-16/h3,5-6,13,18H,1-2,4,7-12H2,(H,19,20). The minimum Gasteiger partial charge on any atom is -0.493 e.